The second-order valence-corrected chi connectivity index (χ2v) is 5.30. The number of carbonyl (C=O) groups is 1. The molecular weight excluding hydrogens is 282 g/mol. The predicted octanol–water partition coefficient (Wildman–Crippen LogP) is 2.02. The molecule has 116 valence electrons. The van der Waals surface area contributed by atoms with Crippen molar-refractivity contribution in [1.82, 2.24) is 20.1 Å². The van der Waals surface area contributed by atoms with Crippen LogP contribution in [0, 0.1) is 0 Å². The molecule has 0 radical (unpaired) electrons. The highest BCUT2D eigenvalue weighted by atomic mass is 16.5. The first-order chi connectivity index (χ1) is 10.7. The van der Waals surface area contributed by atoms with Crippen molar-refractivity contribution < 1.29 is 9.53 Å². The third kappa shape index (κ3) is 2.88. The zero-order valence-corrected chi connectivity index (χ0v) is 12.7. The molecule has 1 unspecified atom stereocenters. The van der Waals surface area contributed by atoms with Gasteiger partial charge in [-0.25, -0.2) is 9.78 Å². The molecule has 0 aliphatic heterocycles. The van der Waals surface area contributed by atoms with E-state index in [0.717, 1.165) is 24.8 Å². The number of aromatic nitrogens is 3. The molecule has 1 atom stereocenters. The van der Waals surface area contributed by atoms with E-state index < -0.39 is 0 Å². The first-order valence-corrected chi connectivity index (χ1v) is 7.25. The topological polar surface area (TPSA) is 81.1 Å². The normalized spacial score (nSPS) is 16.7. The molecule has 7 heteroatoms. The van der Waals surface area contributed by atoms with Crippen molar-refractivity contribution in [3.05, 3.63) is 35.8 Å². The summed E-state index contributed by atoms with van der Waals surface area (Å²) in [6.07, 6.45) is 6.38. The van der Waals surface area contributed by atoms with Gasteiger partial charge in [-0.2, -0.15) is 5.10 Å². The summed E-state index contributed by atoms with van der Waals surface area (Å²) in [4.78, 5) is 16.2. The molecule has 0 saturated heterocycles. The Labute approximate surface area is 128 Å². The van der Waals surface area contributed by atoms with E-state index in [1.165, 1.54) is 5.69 Å². The summed E-state index contributed by atoms with van der Waals surface area (Å²) in [6.45, 7) is 0. The summed E-state index contributed by atoms with van der Waals surface area (Å²) < 4.78 is 6.87. The molecule has 1 aliphatic carbocycles. The molecule has 2 aromatic rings. The second kappa shape index (κ2) is 6.05. The zero-order chi connectivity index (χ0) is 15.5. The second-order valence-electron chi connectivity index (χ2n) is 5.30. The van der Waals surface area contributed by atoms with Crippen LogP contribution in [0.4, 0.5) is 10.5 Å². The van der Waals surface area contributed by atoms with E-state index in [1.54, 1.807) is 25.4 Å². The zero-order valence-electron chi connectivity index (χ0n) is 12.7. The molecule has 1 aliphatic rings. The van der Waals surface area contributed by atoms with Gasteiger partial charge in [-0.3, -0.25) is 4.68 Å². The Balaban J connectivity index is 1.64. The number of aryl methyl sites for hydroxylation is 1. The first kappa shape index (κ1) is 14.4. The fraction of sp³-hybridized carbons (Fsp3) is 0.400. The highest BCUT2D eigenvalue weighted by molar-refractivity contribution is 5.89. The number of hydrogen-bond acceptors (Lipinski definition) is 4. The molecule has 2 N–H and O–H groups in total. The average Bonchev–Trinajstić information content (AvgIpc) is 2.91. The summed E-state index contributed by atoms with van der Waals surface area (Å²) in [5.41, 5.74) is 2.93. The van der Waals surface area contributed by atoms with Gasteiger partial charge in [0.1, 0.15) is 0 Å². The minimum atomic E-state index is -0.242. The molecular formula is C15H19N5O2. The SMILES string of the molecule is COc1ccc(NC(=O)NC2CCCc3c2cnn3C)cn1. The lowest BCUT2D eigenvalue weighted by molar-refractivity contribution is 0.247. The Morgan fingerprint density at radius 2 is 2.27 bits per heavy atom. The van der Waals surface area contributed by atoms with E-state index in [-0.39, 0.29) is 12.1 Å². The summed E-state index contributed by atoms with van der Waals surface area (Å²) >= 11 is 0. The minimum Gasteiger partial charge on any atom is -0.481 e. The lowest BCUT2D eigenvalue weighted by atomic mass is 9.93. The van der Waals surface area contributed by atoms with Crippen molar-refractivity contribution in [2.24, 2.45) is 7.05 Å². The maximum atomic E-state index is 12.1. The van der Waals surface area contributed by atoms with Crippen LogP contribution >= 0.6 is 0 Å². The maximum absolute atomic E-state index is 12.1. The molecule has 0 bridgehead atoms. The predicted molar refractivity (Wildman–Crippen MR) is 81.8 cm³/mol. The van der Waals surface area contributed by atoms with E-state index >= 15 is 0 Å². The number of fused-ring (bicyclic) bond motifs is 1. The summed E-state index contributed by atoms with van der Waals surface area (Å²) in [7, 11) is 3.49. The van der Waals surface area contributed by atoms with Gasteiger partial charge >= 0.3 is 6.03 Å². The molecule has 7 nitrogen and oxygen atoms in total. The Morgan fingerprint density at radius 3 is 3.00 bits per heavy atom. The van der Waals surface area contributed by atoms with Gasteiger partial charge in [-0.05, 0) is 25.3 Å². The van der Waals surface area contributed by atoms with E-state index in [4.69, 9.17) is 4.74 Å². The molecule has 0 spiro atoms. The van der Waals surface area contributed by atoms with E-state index in [9.17, 15) is 4.79 Å². The number of ether oxygens (including phenoxy) is 1. The molecule has 0 fully saturated rings. The van der Waals surface area contributed by atoms with E-state index in [1.807, 2.05) is 17.9 Å². The number of nitrogens with one attached hydrogen (secondary N) is 2. The smallest absolute Gasteiger partial charge is 0.319 e. The van der Waals surface area contributed by atoms with Gasteiger partial charge in [0.25, 0.3) is 0 Å². The van der Waals surface area contributed by atoms with Gasteiger partial charge < -0.3 is 15.4 Å². The third-order valence-corrected chi connectivity index (χ3v) is 3.88. The van der Waals surface area contributed by atoms with Crippen molar-refractivity contribution in [3.63, 3.8) is 0 Å². The average molecular weight is 301 g/mol. The number of urea groups is 1. The lowest BCUT2D eigenvalue weighted by Crippen LogP contribution is -2.34. The quantitative estimate of drug-likeness (QED) is 0.909. The molecule has 2 heterocycles. The minimum absolute atomic E-state index is 0.00339. The molecule has 3 rings (SSSR count). The monoisotopic (exact) mass is 301 g/mol. The van der Waals surface area contributed by atoms with Crippen LogP contribution in [0.15, 0.2) is 24.5 Å². The van der Waals surface area contributed by atoms with Crippen LogP contribution in [0.3, 0.4) is 0 Å². The third-order valence-electron chi connectivity index (χ3n) is 3.88. The maximum Gasteiger partial charge on any atom is 0.319 e. The van der Waals surface area contributed by atoms with Crippen molar-refractivity contribution in [3.8, 4) is 5.88 Å². The largest absolute Gasteiger partial charge is 0.481 e. The van der Waals surface area contributed by atoms with Crippen LogP contribution in [0.2, 0.25) is 0 Å². The van der Waals surface area contributed by atoms with E-state index in [0.29, 0.717) is 11.6 Å². The fourth-order valence-electron chi connectivity index (χ4n) is 2.76. The highest BCUT2D eigenvalue weighted by Gasteiger charge is 2.24. The summed E-state index contributed by atoms with van der Waals surface area (Å²) in [5, 5.41) is 10.1. The molecule has 2 aromatic heterocycles. The van der Waals surface area contributed by atoms with Crippen LogP contribution in [-0.4, -0.2) is 27.9 Å². The summed E-state index contributed by atoms with van der Waals surface area (Å²) in [5.74, 6) is 0.512. The lowest BCUT2D eigenvalue weighted by Gasteiger charge is -2.23. The van der Waals surface area contributed by atoms with Crippen LogP contribution in [0.5, 0.6) is 5.88 Å². The number of methoxy groups -OCH3 is 1. The van der Waals surface area contributed by atoms with E-state index in [2.05, 4.69) is 20.7 Å². The Morgan fingerprint density at radius 1 is 1.41 bits per heavy atom. The number of carbonyl (C=O) groups excluding carboxylic acids is 1. The van der Waals surface area contributed by atoms with Crippen LogP contribution in [0.1, 0.15) is 30.1 Å². The van der Waals surface area contributed by atoms with Gasteiger partial charge in [-0.1, -0.05) is 0 Å². The highest BCUT2D eigenvalue weighted by Crippen LogP contribution is 2.29. The molecule has 22 heavy (non-hydrogen) atoms. The number of nitrogens with zero attached hydrogens (tertiary/aromatic N) is 3. The van der Waals surface area contributed by atoms with Crippen molar-refractivity contribution in [1.29, 1.82) is 0 Å². The summed E-state index contributed by atoms with van der Waals surface area (Å²) in [6, 6.07) is 3.22. The standard InChI is InChI=1S/C15H19N5O2/c1-20-13-5-3-4-12(11(13)9-17-20)19-15(21)18-10-6-7-14(22-2)16-8-10/h6-9,12H,3-5H2,1-2H3,(H2,18,19,21). The number of amides is 2. The molecule has 0 aromatic carbocycles. The number of hydrogen-bond donors (Lipinski definition) is 2. The van der Waals surface area contributed by atoms with Crippen molar-refractivity contribution >= 4 is 11.7 Å². The van der Waals surface area contributed by atoms with Gasteiger partial charge in [-0.15, -0.1) is 0 Å². The molecule has 2 amide bonds. The van der Waals surface area contributed by atoms with Crippen LogP contribution in [0.25, 0.3) is 0 Å². The van der Waals surface area contributed by atoms with Gasteiger partial charge in [0.2, 0.25) is 5.88 Å². The Bertz CT molecular complexity index is 665. The first-order valence-electron chi connectivity index (χ1n) is 7.25. The number of pyridine rings is 1. The van der Waals surface area contributed by atoms with Crippen molar-refractivity contribution in [2.45, 2.75) is 25.3 Å². The van der Waals surface area contributed by atoms with Crippen LogP contribution in [-0.2, 0) is 13.5 Å². The Kier molecular flexibility index (Phi) is 3.95. The van der Waals surface area contributed by atoms with Crippen molar-refractivity contribution in [2.75, 3.05) is 12.4 Å². The van der Waals surface area contributed by atoms with Crippen LogP contribution < -0.4 is 15.4 Å². The Hall–Kier alpha value is -2.57. The van der Waals surface area contributed by atoms with Gasteiger partial charge in [0.05, 0.1) is 31.2 Å². The number of anilines is 1. The van der Waals surface area contributed by atoms with Gasteiger partial charge in [0, 0.05) is 24.4 Å². The number of rotatable bonds is 3. The molecule has 0 saturated carbocycles. The van der Waals surface area contributed by atoms with Gasteiger partial charge in [0.15, 0.2) is 0 Å². The fourth-order valence-corrected chi connectivity index (χ4v) is 2.76.